The second-order valence-electron chi connectivity index (χ2n) is 9.00. The van der Waals surface area contributed by atoms with Gasteiger partial charge in [-0.25, -0.2) is 22.9 Å². The molecule has 0 spiro atoms. The van der Waals surface area contributed by atoms with E-state index in [9.17, 15) is 13.2 Å². The van der Waals surface area contributed by atoms with Crippen LogP contribution in [0.25, 0.3) is 21.0 Å². The van der Waals surface area contributed by atoms with E-state index in [0.29, 0.717) is 16.1 Å². The SMILES string of the molecule is CNc1ccc(-c2ncc(-c3ccc(NC(=O)OC(C)C)cc3S(=O)(=O)NC(C)(C)C)s2)cc1. The zero-order valence-electron chi connectivity index (χ0n) is 20.1. The number of hydrogen-bond donors (Lipinski definition) is 3. The van der Waals surface area contributed by atoms with Crippen LogP contribution in [-0.4, -0.2) is 38.2 Å². The van der Waals surface area contributed by atoms with Gasteiger partial charge in [-0.05, 0) is 71.0 Å². The third-order valence-corrected chi connectivity index (χ3v) is 7.37. The normalized spacial score (nSPS) is 12.0. The van der Waals surface area contributed by atoms with Crippen LogP contribution in [-0.2, 0) is 14.8 Å². The molecule has 8 nitrogen and oxygen atoms in total. The molecule has 0 radical (unpaired) electrons. The summed E-state index contributed by atoms with van der Waals surface area (Å²) in [6.07, 6.45) is 0.708. The first-order valence-electron chi connectivity index (χ1n) is 10.8. The van der Waals surface area contributed by atoms with Crippen LogP contribution < -0.4 is 15.4 Å². The standard InChI is InChI=1S/C24H30N4O4S2/c1-15(2)32-23(29)27-18-11-12-19(21(13-18)34(30,31)28-24(3,4)5)20-14-26-22(33-20)16-7-9-17(25-6)10-8-16/h7-15,25,28H,1-6H3,(H,27,29). The first kappa shape index (κ1) is 25.7. The minimum Gasteiger partial charge on any atom is -0.447 e. The van der Waals surface area contributed by atoms with Crippen molar-refractivity contribution < 1.29 is 17.9 Å². The summed E-state index contributed by atoms with van der Waals surface area (Å²) in [4.78, 5) is 17.3. The Bertz CT molecular complexity index is 1260. The Morgan fingerprint density at radius 2 is 1.71 bits per heavy atom. The van der Waals surface area contributed by atoms with Crippen LogP contribution >= 0.6 is 11.3 Å². The number of nitrogens with zero attached hydrogens (tertiary/aromatic N) is 1. The first-order chi connectivity index (χ1) is 15.9. The topological polar surface area (TPSA) is 109 Å². The number of anilines is 2. The van der Waals surface area contributed by atoms with Gasteiger partial charge in [0.25, 0.3) is 0 Å². The van der Waals surface area contributed by atoms with Crippen LogP contribution in [0.15, 0.2) is 53.6 Å². The minimum atomic E-state index is -3.91. The molecule has 0 unspecified atom stereocenters. The van der Waals surface area contributed by atoms with Crippen LogP contribution in [0, 0.1) is 0 Å². The molecule has 2 aromatic carbocycles. The maximum Gasteiger partial charge on any atom is 0.411 e. The summed E-state index contributed by atoms with van der Waals surface area (Å²) in [5.41, 5.74) is 2.04. The third-order valence-electron chi connectivity index (χ3n) is 4.49. The molecule has 0 saturated heterocycles. The Hall–Kier alpha value is -2.95. The van der Waals surface area contributed by atoms with Gasteiger partial charge in [0.2, 0.25) is 10.0 Å². The highest BCUT2D eigenvalue weighted by atomic mass is 32.2. The molecule has 0 saturated carbocycles. The van der Waals surface area contributed by atoms with Crippen LogP contribution in [0.2, 0.25) is 0 Å². The van der Waals surface area contributed by atoms with Gasteiger partial charge >= 0.3 is 6.09 Å². The Morgan fingerprint density at radius 1 is 1.06 bits per heavy atom. The highest BCUT2D eigenvalue weighted by Crippen LogP contribution is 2.37. The quantitative estimate of drug-likeness (QED) is 0.391. The highest BCUT2D eigenvalue weighted by molar-refractivity contribution is 7.89. The van der Waals surface area contributed by atoms with E-state index in [4.69, 9.17) is 4.74 Å². The van der Waals surface area contributed by atoms with Crippen molar-refractivity contribution in [2.24, 2.45) is 0 Å². The van der Waals surface area contributed by atoms with Crippen molar-refractivity contribution in [3.05, 3.63) is 48.7 Å². The van der Waals surface area contributed by atoms with E-state index in [0.717, 1.165) is 16.3 Å². The van der Waals surface area contributed by atoms with Gasteiger partial charge in [-0.15, -0.1) is 11.3 Å². The predicted octanol–water partition coefficient (Wildman–Crippen LogP) is 5.55. The molecule has 34 heavy (non-hydrogen) atoms. The van der Waals surface area contributed by atoms with Crippen molar-refractivity contribution in [2.45, 2.75) is 51.2 Å². The van der Waals surface area contributed by atoms with E-state index in [1.54, 1.807) is 52.9 Å². The molecule has 0 bridgehead atoms. The van der Waals surface area contributed by atoms with Gasteiger partial charge in [-0.1, -0.05) is 6.07 Å². The van der Waals surface area contributed by atoms with E-state index >= 15 is 0 Å². The number of aromatic nitrogens is 1. The molecule has 10 heteroatoms. The average molecular weight is 503 g/mol. The van der Waals surface area contributed by atoms with Crippen molar-refractivity contribution in [1.29, 1.82) is 0 Å². The summed E-state index contributed by atoms with van der Waals surface area (Å²) in [5, 5.41) is 6.45. The second-order valence-corrected chi connectivity index (χ2v) is 11.7. The Balaban J connectivity index is 2.04. The molecule has 0 aliphatic heterocycles. The molecule has 0 aliphatic carbocycles. The number of hydrogen-bond acceptors (Lipinski definition) is 7. The maximum atomic E-state index is 13.3. The van der Waals surface area contributed by atoms with Crippen molar-refractivity contribution >= 4 is 38.8 Å². The number of carbonyl (C=O) groups excluding carboxylic acids is 1. The number of sulfonamides is 1. The van der Waals surface area contributed by atoms with Gasteiger partial charge in [0.05, 0.1) is 15.9 Å². The van der Waals surface area contributed by atoms with Crippen molar-refractivity contribution in [3.8, 4) is 21.0 Å². The van der Waals surface area contributed by atoms with Crippen LogP contribution in [0.1, 0.15) is 34.6 Å². The number of amides is 1. The summed E-state index contributed by atoms with van der Waals surface area (Å²) in [5.74, 6) is 0. The lowest BCUT2D eigenvalue weighted by Gasteiger charge is -2.22. The first-order valence-corrected chi connectivity index (χ1v) is 13.1. The number of carbonyl (C=O) groups is 1. The summed E-state index contributed by atoms with van der Waals surface area (Å²) in [6, 6.07) is 12.6. The van der Waals surface area contributed by atoms with E-state index in [2.05, 4.69) is 20.3 Å². The molecule has 182 valence electrons. The van der Waals surface area contributed by atoms with E-state index in [1.165, 1.54) is 17.4 Å². The van der Waals surface area contributed by atoms with Crippen LogP contribution in [0.3, 0.4) is 0 Å². The fourth-order valence-electron chi connectivity index (χ4n) is 3.16. The summed E-state index contributed by atoms with van der Waals surface area (Å²) in [6.45, 7) is 8.78. The predicted molar refractivity (Wildman–Crippen MR) is 138 cm³/mol. The maximum absolute atomic E-state index is 13.3. The highest BCUT2D eigenvalue weighted by Gasteiger charge is 2.26. The van der Waals surface area contributed by atoms with Crippen molar-refractivity contribution in [1.82, 2.24) is 9.71 Å². The van der Waals surface area contributed by atoms with Gasteiger partial charge in [-0.3, -0.25) is 5.32 Å². The number of rotatable bonds is 7. The molecule has 3 N–H and O–H groups in total. The van der Waals surface area contributed by atoms with Gasteiger partial charge in [0.1, 0.15) is 5.01 Å². The summed E-state index contributed by atoms with van der Waals surface area (Å²) < 4.78 is 34.5. The number of thiazole rings is 1. The van der Waals surface area contributed by atoms with Gasteiger partial charge in [-0.2, -0.15) is 0 Å². The largest absolute Gasteiger partial charge is 0.447 e. The molecule has 0 fully saturated rings. The molecule has 0 atom stereocenters. The molecular formula is C24H30N4O4S2. The van der Waals surface area contributed by atoms with Crippen molar-refractivity contribution in [2.75, 3.05) is 17.7 Å². The third kappa shape index (κ3) is 6.55. The molecule has 1 amide bonds. The monoisotopic (exact) mass is 502 g/mol. The molecule has 3 aromatic rings. The summed E-state index contributed by atoms with van der Waals surface area (Å²) >= 11 is 1.39. The number of ether oxygens (including phenoxy) is 1. The fourth-order valence-corrected chi connectivity index (χ4v) is 5.85. The molecule has 1 aromatic heterocycles. The number of nitrogens with one attached hydrogen (secondary N) is 3. The second kappa shape index (κ2) is 10.1. The molecule has 0 aliphatic rings. The van der Waals surface area contributed by atoms with Crippen LogP contribution in [0.5, 0.6) is 0 Å². The molecule has 1 heterocycles. The zero-order chi connectivity index (χ0) is 25.1. The Labute approximate surface area is 204 Å². The van der Waals surface area contributed by atoms with E-state index < -0.39 is 21.7 Å². The Kier molecular flexibility index (Phi) is 7.64. The average Bonchev–Trinajstić information content (AvgIpc) is 3.21. The number of benzene rings is 2. The van der Waals surface area contributed by atoms with E-state index in [1.807, 2.05) is 31.3 Å². The lowest BCUT2D eigenvalue weighted by Crippen LogP contribution is -2.40. The van der Waals surface area contributed by atoms with Gasteiger partial charge in [0, 0.05) is 41.3 Å². The fraction of sp³-hybridized carbons (Fsp3) is 0.333. The van der Waals surface area contributed by atoms with Gasteiger partial charge < -0.3 is 10.1 Å². The molecule has 3 rings (SSSR count). The molecular weight excluding hydrogens is 472 g/mol. The minimum absolute atomic E-state index is 0.0468. The summed E-state index contributed by atoms with van der Waals surface area (Å²) in [7, 11) is -2.06. The zero-order valence-corrected chi connectivity index (χ0v) is 21.7. The van der Waals surface area contributed by atoms with Crippen molar-refractivity contribution in [3.63, 3.8) is 0 Å². The van der Waals surface area contributed by atoms with Gasteiger partial charge in [0.15, 0.2) is 0 Å². The lowest BCUT2D eigenvalue weighted by atomic mass is 10.1. The van der Waals surface area contributed by atoms with E-state index in [-0.39, 0.29) is 11.0 Å². The lowest BCUT2D eigenvalue weighted by molar-refractivity contribution is 0.130. The van der Waals surface area contributed by atoms with Crippen LogP contribution in [0.4, 0.5) is 16.2 Å². The Morgan fingerprint density at radius 3 is 2.29 bits per heavy atom. The smallest absolute Gasteiger partial charge is 0.411 e.